The summed E-state index contributed by atoms with van der Waals surface area (Å²) in [6.45, 7) is 4.83. The number of rotatable bonds is 7. The van der Waals surface area contributed by atoms with Gasteiger partial charge in [0.1, 0.15) is 0 Å². The van der Waals surface area contributed by atoms with Crippen molar-refractivity contribution in [3.05, 3.63) is 95.6 Å². The van der Waals surface area contributed by atoms with Crippen molar-refractivity contribution < 1.29 is 4.79 Å². The van der Waals surface area contributed by atoms with Gasteiger partial charge in [0.2, 0.25) is 0 Å². The van der Waals surface area contributed by atoms with Gasteiger partial charge in [0.25, 0.3) is 0 Å². The Bertz CT molecular complexity index is 1110. The highest BCUT2D eigenvalue weighted by atomic mass is 16.1. The van der Waals surface area contributed by atoms with E-state index in [4.69, 9.17) is 0 Å². The second-order valence-electron chi connectivity index (χ2n) is 9.06. The van der Waals surface area contributed by atoms with Gasteiger partial charge in [-0.2, -0.15) is 0 Å². The molecule has 0 aromatic heterocycles. The zero-order valence-corrected chi connectivity index (χ0v) is 19.9. The zero-order valence-electron chi connectivity index (χ0n) is 19.9. The number of anilines is 1. The molecular weight excluding hydrogens is 406 g/mol. The first-order valence-electron chi connectivity index (χ1n) is 11.6. The topological polar surface area (TPSA) is 26.8 Å². The van der Waals surface area contributed by atoms with Crippen LogP contribution >= 0.6 is 0 Å². The number of hydrogen-bond donors (Lipinski definition) is 0. The summed E-state index contributed by atoms with van der Waals surface area (Å²) in [6, 6.07) is 24.8. The molecule has 1 saturated heterocycles. The van der Waals surface area contributed by atoms with E-state index < -0.39 is 0 Å². The monoisotopic (exact) mass is 439 g/mol. The molecule has 0 atom stereocenters. The van der Waals surface area contributed by atoms with E-state index >= 15 is 0 Å². The standard InChI is InChI=1S/C29H33N3O/c1-30(2)22-25-12-8-7-11-24(25)13-14-29(33)27-19-26(23-9-5-4-6-10-23)20-28(21-27)32-17-15-31(3)16-18-32/h4-14,19-21H,15-18,22H2,1-3H3. The maximum absolute atomic E-state index is 13.3. The summed E-state index contributed by atoms with van der Waals surface area (Å²) in [5, 5.41) is 0. The number of likely N-dealkylation sites (N-methyl/N-ethyl adjacent to an activating group) is 1. The minimum atomic E-state index is 0.0304. The van der Waals surface area contributed by atoms with E-state index in [-0.39, 0.29) is 5.78 Å². The Hall–Kier alpha value is -3.21. The number of piperazine rings is 1. The number of carbonyl (C=O) groups is 1. The van der Waals surface area contributed by atoms with Gasteiger partial charge in [-0.25, -0.2) is 0 Å². The van der Waals surface area contributed by atoms with Crippen LogP contribution in [0.25, 0.3) is 17.2 Å². The molecule has 0 N–H and O–H groups in total. The Labute approximate surface area is 197 Å². The molecule has 0 radical (unpaired) electrons. The molecule has 4 rings (SSSR count). The highest BCUT2D eigenvalue weighted by Gasteiger charge is 2.17. The summed E-state index contributed by atoms with van der Waals surface area (Å²) < 4.78 is 0. The van der Waals surface area contributed by atoms with Crippen molar-refractivity contribution in [2.24, 2.45) is 0 Å². The molecule has 0 unspecified atom stereocenters. The molecular formula is C29H33N3O. The first kappa shape index (κ1) is 23.0. The van der Waals surface area contributed by atoms with Gasteiger partial charge in [-0.1, -0.05) is 60.7 Å². The van der Waals surface area contributed by atoms with Gasteiger partial charge >= 0.3 is 0 Å². The Balaban J connectivity index is 1.65. The van der Waals surface area contributed by atoms with Crippen LogP contribution in [0.4, 0.5) is 5.69 Å². The highest BCUT2D eigenvalue weighted by molar-refractivity contribution is 6.08. The number of allylic oxidation sites excluding steroid dienone is 1. The predicted octanol–water partition coefficient (Wildman–Crippen LogP) is 5.06. The van der Waals surface area contributed by atoms with Crippen molar-refractivity contribution in [1.29, 1.82) is 0 Å². The Morgan fingerprint density at radius 3 is 2.30 bits per heavy atom. The lowest BCUT2D eigenvalue weighted by Gasteiger charge is -2.34. The third-order valence-electron chi connectivity index (χ3n) is 6.13. The molecule has 170 valence electrons. The fourth-order valence-corrected chi connectivity index (χ4v) is 4.24. The normalized spacial score (nSPS) is 14.8. The molecule has 0 bridgehead atoms. The van der Waals surface area contributed by atoms with Crippen LogP contribution in [0.2, 0.25) is 0 Å². The number of hydrogen-bond acceptors (Lipinski definition) is 4. The fraction of sp³-hybridized carbons (Fsp3) is 0.276. The van der Waals surface area contributed by atoms with Crippen LogP contribution < -0.4 is 4.90 Å². The molecule has 4 heteroatoms. The van der Waals surface area contributed by atoms with Crippen molar-refractivity contribution in [2.75, 3.05) is 52.2 Å². The van der Waals surface area contributed by atoms with Gasteiger partial charge in [0, 0.05) is 44.0 Å². The molecule has 33 heavy (non-hydrogen) atoms. The van der Waals surface area contributed by atoms with Gasteiger partial charge in [0.05, 0.1) is 0 Å². The van der Waals surface area contributed by atoms with E-state index in [0.29, 0.717) is 0 Å². The van der Waals surface area contributed by atoms with E-state index in [0.717, 1.165) is 60.7 Å². The Kier molecular flexibility index (Phi) is 7.38. The minimum Gasteiger partial charge on any atom is -0.369 e. The Morgan fingerprint density at radius 2 is 1.58 bits per heavy atom. The van der Waals surface area contributed by atoms with Gasteiger partial charge < -0.3 is 14.7 Å². The molecule has 0 spiro atoms. The number of carbonyl (C=O) groups excluding carboxylic acids is 1. The van der Waals surface area contributed by atoms with Crippen LogP contribution in [0.5, 0.6) is 0 Å². The van der Waals surface area contributed by atoms with Crippen LogP contribution in [0.15, 0.2) is 78.9 Å². The first-order valence-corrected chi connectivity index (χ1v) is 11.6. The zero-order chi connectivity index (χ0) is 23.2. The molecule has 0 amide bonds. The molecule has 0 saturated carbocycles. The minimum absolute atomic E-state index is 0.0304. The van der Waals surface area contributed by atoms with E-state index in [1.165, 1.54) is 5.56 Å². The number of nitrogens with zero attached hydrogens (tertiary/aromatic N) is 3. The molecule has 1 aliphatic heterocycles. The smallest absolute Gasteiger partial charge is 0.185 e. The number of benzene rings is 3. The predicted molar refractivity (Wildman–Crippen MR) is 139 cm³/mol. The van der Waals surface area contributed by atoms with Crippen LogP contribution in [-0.2, 0) is 6.54 Å². The van der Waals surface area contributed by atoms with Crippen molar-refractivity contribution in [3.63, 3.8) is 0 Å². The number of ketones is 1. The van der Waals surface area contributed by atoms with Crippen molar-refractivity contribution in [2.45, 2.75) is 6.54 Å². The van der Waals surface area contributed by atoms with Gasteiger partial charge in [0.15, 0.2) is 5.78 Å². The maximum Gasteiger partial charge on any atom is 0.185 e. The van der Waals surface area contributed by atoms with Crippen LogP contribution in [0.3, 0.4) is 0 Å². The summed E-state index contributed by atoms with van der Waals surface area (Å²) in [4.78, 5) is 20.2. The molecule has 1 fully saturated rings. The van der Waals surface area contributed by atoms with Gasteiger partial charge in [-0.3, -0.25) is 4.79 Å². The molecule has 1 aliphatic rings. The quantitative estimate of drug-likeness (QED) is 0.380. The highest BCUT2D eigenvalue weighted by Crippen LogP contribution is 2.28. The molecule has 3 aromatic carbocycles. The fourth-order valence-electron chi connectivity index (χ4n) is 4.24. The average Bonchev–Trinajstić information content (AvgIpc) is 2.83. The lowest BCUT2D eigenvalue weighted by atomic mass is 9.98. The molecule has 1 heterocycles. The summed E-state index contributed by atoms with van der Waals surface area (Å²) in [7, 11) is 6.27. The molecule has 4 nitrogen and oxygen atoms in total. The molecule has 3 aromatic rings. The third-order valence-corrected chi connectivity index (χ3v) is 6.13. The summed E-state index contributed by atoms with van der Waals surface area (Å²) in [5.41, 5.74) is 6.35. The van der Waals surface area contributed by atoms with Crippen LogP contribution in [0.1, 0.15) is 21.5 Å². The second kappa shape index (κ2) is 10.6. The van der Waals surface area contributed by atoms with Gasteiger partial charge in [-0.05, 0) is 67.7 Å². The maximum atomic E-state index is 13.3. The molecule has 0 aliphatic carbocycles. The summed E-state index contributed by atoms with van der Waals surface area (Å²) in [6.07, 6.45) is 3.66. The van der Waals surface area contributed by atoms with Crippen molar-refractivity contribution in [1.82, 2.24) is 9.80 Å². The van der Waals surface area contributed by atoms with Crippen molar-refractivity contribution in [3.8, 4) is 11.1 Å². The second-order valence-corrected chi connectivity index (χ2v) is 9.06. The van der Waals surface area contributed by atoms with Crippen molar-refractivity contribution >= 4 is 17.5 Å². The first-order chi connectivity index (χ1) is 16.0. The third kappa shape index (κ3) is 5.98. The van der Waals surface area contributed by atoms with E-state index in [1.807, 2.05) is 42.5 Å². The summed E-state index contributed by atoms with van der Waals surface area (Å²) >= 11 is 0. The lowest BCUT2D eigenvalue weighted by Crippen LogP contribution is -2.44. The van der Waals surface area contributed by atoms with E-state index in [9.17, 15) is 4.79 Å². The van der Waals surface area contributed by atoms with Gasteiger partial charge in [-0.15, -0.1) is 0 Å². The summed E-state index contributed by atoms with van der Waals surface area (Å²) in [5.74, 6) is 0.0304. The largest absolute Gasteiger partial charge is 0.369 e. The average molecular weight is 440 g/mol. The van der Waals surface area contributed by atoms with Crippen LogP contribution in [0, 0.1) is 0 Å². The van der Waals surface area contributed by atoms with Crippen LogP contribution in [-0.4, -0.2) is 62.9 Å². The van der Waals surface area contributed by atoms with E-state index in [2.05, 4.69) is 72.2 Å². The SMILES string of the molecule is CN(C)Cc1ccccc1C=CC(=O)c1cc(-c2ccccc2)cc(N2CCN(C)CC2)c1. The Morgan fingerprint density at radius 1 is 0.879 bits per heavy atom. The lowest BCUT2D eigenvalue weighted by molar-refractivity contribution is 0.104. The van der Waals surface area contributed by atoms with E-state index in [1.54, 1.807) is 6.08 Å².